The predicted octanol–water partition coefficient (Wildman–Crippen LogP) is 1.10. The molecule has 1 aromatic rings. The van der Waals surface area contributed by atoms with E-state index in [-0.39, 0.29) is 11.8 Å². The fourth-order valence-corrected chi connectivity index (χ4v) is 2.37. The van der Waals surface area contributed by atoms with Crippen LogP contribution < -0.4 is 5.32 Å². The summed E-state index contributed by atoms with van der Waals surface area (Å²) in [7, 11) is 0. The number of hydrogen-bond acceptors (Lipinski definition) is 3. The Morgan fingerprint density at radius 3 is 3.10 bits per heavy atom. The molecule has 1 aliphatic heterocycles. The molecule has 6 heteroatoms. The van der Waals surface area contributed by atoms with Gasteiger partial charge in [0.1, 0.15) is 5.69 Å². The lowest BCUT2D eigenvalue weighted by molar-refractivity contribution is -0.133. The first-order chi connectivity index (χ1) is 9.70. The van der Waals surface area contributed by atoms with Gasteiger partial charge in [-0.15, -0.1) is 0 Å². The van der Waals surface area contributed by atoms with Crippen LogP contribution in [0.15, 0.2) is 6.07 Å². The summed E-state index contributed by atoms with van der Waals surface area (Å²) in [4.78, 5) is 25.3. The van der Waals surface area contributed by atoms with E-state index in [1.54, 1.807) is 6.07 Å². The van der Waals surface area contributed by atoms with Gasteiger partial charge in [-0.2, -0.15) is 5.10 Å². The zero-order valence-corrected chi connectivity index (χ0v) is 11.9. The molecular formula is C14H22N4O2. The van der Waals surface area contributed by atoms with Gasteiger partial charge in [-0.05, 0) is 25.3 Å². The number of nitrogens with one attached hydrogen (secondary N) is 2. The van der Waals surface area contributed by atoms with Crippen molar-refractivity contribution >= 4 is 11.8 Å². The van der Waals surface area contributed by atoms with Gasteiger partial charge in [0.15, 0.2) is 0 Å². The number of rotatable bonds is 6. The number of likely N-dealkylation sites (tertiary alicyclic amines) is 1. The van der Waals surface area contributed by atoms with Crippen molar-refractivity contribution in [2.75, 3.05) is 19.6 Å². The summed E-state index contributed by atoms with van der Waals surface area (Å²) in [5.74, 6) is 0.00330. The van der Waals surface area contributed by atoms with Crippen LogP contribution in [0.2, 0.25) is 0 Å². The van der Waals surface area contributed by atoms with E-state index in [0.29, 0.717) is 25.2 Å². The topological polar surface area (TPSA) is 78.1 Å². The van der Waals surface area contributed by atoms with Crippen LogP contribution in [0.3, 0.4) is 0 Å². The highest BCUT2D eigenvalue weighted by Gasteiger charge is 2.17. The normalized spacial score (nSPS) is 15.4. The van der Waals surface area contributed by atoms with Gasteiger partial charge in [-0.3, -0.25) is 14.7 Å². The summed E-state index contributed by atoms with van der Waals surface area (Å²) in [6.45, 7) is 3.94. The molecule has 0 aliphatic carbocycles. The third kappa shape index (κ3) is 3.82. The van der Waals surface area contributed by atoms with Crippen molar-refractivity contribution in [2.45, 2.75) is 39.0 Å². The second-order valence-electron chi connectivity index (χ2n) is 5.12. The average molecular weight is 278 g/mol. The van der Waals surface area contributed by atoms with Crippen LogP contribution in [0.5, 0.6) is 0 Å². The Hall–Kier alpha value is -1.85. The van der Waals surface area contributed by atoms with Gasteiger partial charge in [-0.1, -0.05) is 13.3 Å². The maximum absolute atomic E-state index is 11.9. The van der Waals surface area contributed by atoms with Crippen molar-refractivity contribution in [1.29, 1.82) is 0 Å². The number of aryl methyl sites for hydroxylation is 1. The molecule has 0 unspecified atom stereocenters. The fourth-order valence-electron chi connectivity index (χ4n) is 2.37. The zero-order valence-electron chi connectivity index (χ0n) is 11.9. The van der Waals surface area contributed by atoms with Gasteiger partial charge in [0.05, 0.1) is 0 Å². The van der Waals surface area contributed by atoms with Crippen molar-refractivity contribution in [3.8, 4) is 0 Å². The maximum Gasteiger partial charge on any atom is 0.271 e. The minimum Gasteiger partial charge on any atom is -0.349 e. The van der Waals surface area contributed by atoms with Crippen molar-refractivity contribution in [2.24, 2.45) is 0 Å². The van der Waals surface area contributed by atoms with E-state index < -0.39 is 0 Å². The highest BCUT2D eigenvalue weighted by Crippen LogP contribution is 2.09. The molecule has 0 bridgehead atoms. The second-order valence-corrected chi connectivity index (χ2v) is 5.12. The second kappa shape index (κ2) is 7.07. The molecule has 0 aromatic carbocycles. The third-order valence-corrected chi connectivity index (χ3v) is 3.47. The van der Waals surface area contributed by atoms with Crippen molar-refractivity contribution in [3.63, 3.8) is 0 Å². The van der Waals surface area contributed by atoms with Crippen LogP contribution in [0.25, 0.3) is 0 Å². The van der Waals surface area contributed by atoms with Crippen LogP contribution in [0, 0.1) is 0 Å². The highest BCUT2D eigenvalue weighted by atomic mass is 16.2. The third-order valence-electron chi connectivity index (χ3n) is 3.47. The SMILES string of the molecule is CCCc1cc(C(=O)NCCN2CCCCC2=O)n[nH]1. The number of aromatic amines is 1. The molecule has 0 saturated carbocycles. The Bertz CT molecular complexity index is 469. The summed E-state index contributed by atoms with van der Waals surface area (Å²) in [5, 5.41) is 9.66. The first-order valence-corrected chi connectivity index (χ1v) is 7.31. The number of H-pyrrole nitrogens is 1. The van der Waals surface area contributed by atoms with Gasteiger partial charge in [0.2, 0.25) is 5.91 Å². The molecule has 0 spiro atoms. The molecule has 110 valence electrons. The van der Waals surface area contributed by atoms with E-state index in [1.165, 1.54) is 0 Å². The van der Waals surface area contributed by atoms with Gasteiger partial charge >= 0.3 is 0 Å². The van der Waals surface area contributed by atoms with Crippen LogP contribution in [0.1, 0.15) is 48.8 Å². The monoisotopic (exact) mass is 278 g/mol. The molecule has 2 rings (SSSR count). The van der Waals surface area contributed by atoms with E-state index in [1.807, 2.05) is 4.90 Å². The lowest BCUT2D eigenvalue weighted by atomic mass is 10.1. The minimum atomic E-state index is -0.187. The van der Waals surface area contributed by atoms with Crippen LogP contribution >= 0.6 is 0 Å². The lowest BCUT2D eigenvalue weighted by Crippen LogP contribution is -2.41. The number of carbonyl (C=O) groups excluding carboxylic acids is 2. The lowest BCUT2D eigenvalue weighted by Gasteiger charge is -2.26. The number of nitrogens with zero attached hydrogens (tertiary/aromatic N) is 2. The summed E-state index contributed by atoms with van der Waals surface area (Å²) >= 11 is 0. The standard InChI is InChI=1S/C14H22N4O2/c1-2-5-11-10-12(17-16-11)14(20)15-7-9-18-8-4-3-6-13(18)19/h10H,2-9H2,1H3,(H,15,20)(H,16,17). The molecule has 1 saturated heterocycles. The summed E-state index contributed by atoms with van der Waals surface area (Å²) in [5.41, 5.74) is 1.39. The molecule has 1 fully saturated rings. The number of piperidine rings is 1. The van der Waals surface area contributed by atoms with E-state index >= 15 is 0 Å². The van der Waals surface area contributed by atoms with E-state index in [9.17, 15) is 9.59 Å². The predicted molar refractivity (Wildman–Crippen MR) is 75.3 cm³/mol. The highest BCUT2D eigenvalue weighted by molar-refractivity contribution is 5.92. The summed E-state index contributed by atoms with van der Waals surface area (Å²) < 4.78 is 0. The number of hydrogen-bond donors (Lipinski definition) is 2. The van der Waals surface area contributed by atoms with Crippen LogP contribution in [-0.4, -0.2) is 46.5 Å². The Morgan fingerprint density at radius 2 is 2.35 bits per heavy atom. The number of aromatic nitrogens is 2. The first kappa shape index (κ1) is 14.6. The Labute approximate surface area is 118 Å². The molecule has 6 nitrogen and oxygen atoms in total. The van der Waals surface area contributed by atoms with Gasteiger partial charge in [0, 0.05) is 31.7 Å². The molecular weight excluding hydrogens is 256 g/mol. The fraction of sp³-hybridized carbons (Fsp3) is 0.643. The molecule has 2 N–H and O–H groups in total. The minimum absolute atomic E-state index is 0.187. The molecule has 2 heterocycles. The van der Waals surface area contributed by atoms with E-state index in [2.05, 4.69) is 22.4 Å². The molecule has 2 amide bonds. The summed E-state index contributed by atoms with van der Waals surface area (Å²) in [6.07, 6.45) is 4.57. The van der Waals surface area contributed by atoms with Gasteiger partial charge < -0.3 is 10.2 Å². The molecule has 1 aliphatic rings. The maximum atomic E-state index is 11.9. The van der Waals surface area contributed by atoms with Crippen molar-refractivity contribution < 1.29 is 9.59 Å². The zero-order chi connectivity index (χ0) is 14.4. The van der Waals surface area contributed by atoms with Crippen LogP contribution in [0.4, 0.5) is 0 Å². The number of amides is 2. The Balaban J connectivity index is 1.75. The largest absolute Gasteiger partial charge is 0.349 e. The smallest absolute Gasteiger partial charge is 0.271 e. The van der Waals surface area contributed by atoms with E-state index in [0.717, 1.165) is 37.9 Å². The number of carbonyl (C=O) groups is 2. The van der Waals surface area contributed by atoms with Crippen molar-refractivity contribution in [3.05, 3.63) is 17.5 Å². The van der Waals surface area contributed by atoms with Crippen molar-refractivity contribution in [1.82, 2.24) is 20.4 Å². The molecule has 0 atom stereocenters. The first-order valence-electron chi connectivity index (χ1n) is 7.31. The molecule has 20 heavy (non-hydrogen) atoms. The van der Waals surface area contributed by atoms with E-state index in [4.69, 9.17) is 0 Å². The average Bonchev–Trinajstić information content (AvgIpc) is 2.90. The molecule has 1 aromatic heterocycles. The Kier molecular flexibility index (Phi) is 5.15. The van der Waals surface area contributed by atoms with Crippen LogP contribution in [-0.2, 0) is 11.2 Å². The van der Waals surface area contributed by atoms with Gasteiger partial charge in [0.25, 0.3) is 5.91 Å². The molecule has 0 radical (unpaired) electrons. The van der Waals surface area contributed by atoms with Gasteiger partial charge in [-0.25, -0.2) is 0 Å². The quantitative estimate of drug-likeness (QED) is 0.818. The summed E-state index contributed by atoms with van der Waals surface area (Å²) in [6, 6.07) is 1.78. The Morgan fingerprint density at radius 1 is 1.50 bits per heavy atom.